The third kappa shape index (κ3) is 9.80. The normalized spacial score (nSPS) is 12.8. The minimum Gasteiger partial charge on any atom is -0.508 e. The van der Waals surface area contributed by atoms with E-state index in [1.807, 2.05) is 45.2 Å². The number of ether oxygens (including phenoxy) is 1. The maximum atomic E-state index is 14.1. The van der Waals surface area contributed by atoms with E-state index in [-0.39, 0.29) is 17.6 Å². The topological polar surface area (TPSA) is 108 Å². The second-order valence-electron chi connectivity index (χ2n) is 10.6. The third-order valence-corrected chi connectivity index (χ3v) is 6.78. The lowest BCUT2D eigenvalue weighted by Crippen LogP contribution is -2.52. The first-order valence-corrected chi connectivity index (χ1v) is 14.7. The molecule has 0 spiro atoms. The largest absolute Gasteiger partial charge is 0.508 e. The summed E-state index contributed by atoms with van der Waals surface area (Å²) in [4.78, 5) is 42.3. The fourth-order valence-electron chi connectivity index (χ4n) is 4.17. The van der Waals surface area contributed by atoms with Gasteiger partial charge in [0.25, 0.3) is 5.91 Å². The first-order chi connectivity index (χ1) is 18.4. The Hall–Kier alpha value is -3.20. The first kappa shape index (κ1) is 32.0. The number of rotatable bonds is 12. The predicted octanol–water partition coefficient (Wildman–Crippen LogP) is 5.96. The number of amides is 3. The van der Waals surface area contributed by atoms with Gasteiger partial charge in [-0.2, -0.15) is 11.8 Å². The molecule has 0 bridgehead atoms. The number of aromatic hydroxyl groups is 1. The zero-order valence-electron chi connectivity index (χ0n) is 24.2. The van der Waals surface area contributed by atoms with Crippen LogP contribution in [0.3, 0.4) is 0 Å². The smallest absolute Gasteiger partial charge is 0.408 e. The molecule has 0 saturated heterocycles. The Morgan fingerprint density at radius 3 is 2.21 bits per heavy atom. The van der Waals surface area contributed by atoms with Gasteiger partial charge in [0.05, 0.1) is 0 Å². The van der Waals surface area contributed by atoms with Crippen LogP contribution in [-0.2, 0) is 14.3 Å². The SMILES string of the molecule is CCCCN(C(=O)C(CCSC)NC(=O)OC(C)(C)C)C(C(=O)Nc1c(C)cccc1C)c1ccc(O)cc1. The number of para-hydroxylation sites is 1. The fraction of sp³-hybridized carbons (Fsp3) is 0.500. The number of benzene rings is 2. The summed E-state index contributed by atoms with van der Waals surface area (Å²) in [6.07, 6.45) is 3.10. The molecule has 2 aromatic carbocycles. The predicted molar refractivity (Wildman–Crippen MR) is 158 cm³/mol. The van der Waals surface area contributed by atoms with Crippen molar-refractivity contribution in [3.05, 3.63) is 59.2 Å². The molecular weight excluding hydrogens is 514 g/mol. The number of thioether (sulfide) groups is 1. The van der Waals surface area contributed by atoms with Crippen molar-refractivity contribution in [3.63, 3.8) is 0 Å². The van der Waals surface area contributed by atoms with Crippen molar-refractivity contribution in [1.29, 1.82) is 0 Å². The summed E-state index contributed by atoms with van der Waals surface area (Å²) in [5, 5.41) is 15.7. The summed E-state index contributed by atoms with van der Waals surface area (Å²) >= 11 is 1.56. The Morgan fingerprint density at radius 2 is 1.67 bits per heavy atom. The second-order valence-corrected chi connectivity index (χ2v) is 11.6. The molecule has 2 rings (SSSR count). The number of carbonyl (C=O) groups excluding carboxylic acids is 3. The molecule has 8 nitrogen and oxygen atoms in total. The van der Waals surface area contributed by atoms with Gasteiger partial charge in [0.1, 0.15) is 23.4 Å². The summed E-state index contributed by atoms with van der Waals surface area (Å²) in [6, 6.07) is 10.2. The van der Waals surface area contributed by atoms with Crippen LogP contribution in [-0.4, -0.2) is 58.1 Å². The van der Waals surface area contributed by atoms with E-state index in [9.17, 15) is 19.5 Å². The van der Waals surface area contributed by atoms with E-state index in [0.29, 0.717) is 36.4 Å². The van der Waals surface area contributed by atoms with Crippen molar-refractivity contribution < 1.29 is 24.2 Å². The number of nitrogens with one attached hydrogen (secondary N) is 2. The lowest BCUT2D eigenvalue weighted by Gasteiger charge is -2.34. The van der Waals surface area contributed by atoms with Crippen LogP contribution in [0.5, 0.6) is 5.75 Å². The third-order valence-electron chi connectivity index (χ3n) is 6.13. The molecule has 0 aromatic heterocycles. The molecule has 214 valence electrons. The fourth-order valence-corrected chi connectivity index (χ4v) is 4.64. The monoisotopic (exact) mass is 557 g/mol. The summed E-state index contributed by atoms with van der Waals surface area (Å²) in [5.74, 6) is -0.0446. The average Bonchev–Trinajstić information content (AvgIpc) is 2.86. The standard InChI is InChI=1S/C30H43N3O5S/c1-8-9-18-33(28(36)24(17-19-39-7)31-29(37)38-30(4,5)6)26(22-13-15-23(34)16-14-22)27(35)32-25-20(2)11-10-12-21(25)3/h10-16,24,26,34H,8-9,17-19H2,1-7H3,(H,31,37)(H,32,35). The van der Waals surface area contributed by atoms with Crippen molar-refractivity contribution in [2.24, 2.45) is 0 Å². The van der Waals surface area contributed by atoms with Crippen LogP contribution < -0.4 is 10.6 Å². The Morgan fingerprint density at radius 1 is 1.05 bits per heavy atom. The van der Waals surface area contributed by atoms with E-state index in [0.717, 1.165) is 17.5 Å². The molecule has 3 N–H and O–H groups in total. The van der Waals surface area contributed by atoms with Crippen LogP contribution in [0, 0.1) is 13.8 Å². The van der Waals surface area contributed by atoms with Gasteiger partial charge in [-0.25, -0.2) is 4.79 Å². The maximum Gasteiger partial charge on any atom is 0.408 e. The number of phenolic OH excluding ortho intramolecular Hbond substituents is 1. The highest BCUT2D eigenvalue weighted by atomic mass is 32.2. The molecule has 0 aliphatic heterocycles. The van der Waals surface area contributed by atoms with E-state index in [1.165, 1.54) is 12.1 Å². The Labute approximate surface area is 236 Å². The van der Waals surface area contributed by atoms with E-state index in [4.69, 9.17) is 4.74 Å². The van der Waals surface area contributed by atoms with Crippen molar-refractivity contribution in [3.8, 4) is 5.75 Å². The molecule has 3 amide bonds. The van der Waals surface area contributed by atoms with Crippen molar-refractivity contribution in [1.82, 2.24) is 10.2 Å². The zero-order valence-corrected chi connectivity index (χ0v) is 25.0. The quantitative estimate of drug-likeness (QED) is 0.297. The number of unbranched alkanes of at least 4 members (excludes halogenated alkanes) is 1. The number of phenols is 1. The average molecular weight is 558 g/mol. The summed E-state index contributed by atoms with van der Waals surface area (Å²) in [6.45, 7) is 11.4. The number of hydrogen-bond donors (Lipinski definition) is 3. The molecule has 2 atom stereocenters. The molecule has 0 fully saturated rings. The number of carbonyl (C=O) groups is 3. The van der Waals surface area contributed by atoms with Gasteiger partial charge in [0, 0.05) is 12.2 Å². The van der Waals surface area contributed by atoms with E-state index in [1.54, 1.807) is 49.6 Å². The molecule has 0 aliphatic carbocycles. The highest BCUT2D eigenvalue weighted by Gasteiger charge is 2.36. The molecule has 0 radical (unpaired) electrons. The Bertz CT molecular complexity index is 1090. The molecule has 0 aliphatic rings. The van der Waals surface area contributed by atoms with Gasteiger partial charge in [-0.3, -0.25) is 9.59 Å². The molecule has 9 heteroatoms. The molecule has 2 unspecified atom stereocenters. The number of nitrogens with zero attached hydrogens (tertiary/aromatic N) is 1. The second kappa shape index (κ2) is 14.8. The lowest BCUT2D eigenvalue weighted by molar-refractivity contribution is -0.141. The summed E-state index contributed by atoms with van der Waals surface area (Å²) in [7, 11) is 0. The summed E-state index contributed by atoms with van der Waals surface area (Å²) < 4.78 is 5.44. The Balaban J connectivity index is 2.53. The van der Waals surface area contributed by atoms with Crippen molar-refractivity contribution in [2.75, 3.05) is 23.9 Å². The van der Waals surface area contributed by atoms with Gasteiger partial charge < -0.3 is 25.4 Å². The number of anilines is 1. The highest BCUT2D eigenvalue weighted by Crippen LogP contribution is 2.28. The number of hydrogen-bond acceptors (Lipinski definition) is 6. The van der Waals surface area contributed by atoms with Crippen LogP contribution in [0.4, 0.5) is 10.5 Å². The van der Waals surface area contributed by atoms with Crippen LogP contribution in [0.15, 0.2) is 42.5 Å². The zero-order chi connectivity index (χ0) is 29.2. The molecule has 0 saturated carbocycles. The van der Waals surface area contributed by atoms with Gasteiger partial charge in [-0.1, -0.05) is 43.7 Å². The van der Waals surface area contributed by atoms with Gasteiger partial charge in [0.2, 0.25) is 5.91 Å². The maximum absolute atomic E-state index is 14.1. The lowest BCUT2D eigenvalue weighted by atomic mass is 10.0. The summed E-state index contributed by atoms with van der Waals surface area (Å²) in [5.41, 5.74) is 2.34. The van der Waals surface area contributed by atoms with Gasteiger partial charge in [0.15, 0.2) is 0 Å². The van der Waals surface area contributed by atoms with Gasteiger partial charge >= 0.3 is 6.09 Å². The van der Waals surface area contributed by atoms with Crippen molar-refractivity contribution in [2.45, 2.75) is 78.5 Å². The van der Waals surface area contributed by atoms with Gasteiger partial charge in [-0.05, 0) is 88.3 Å². The van der Waals surface area contributed by atoms with Crippen LogP contribution in [0.25, 0.3) is 0 Å². The Kier molecular flexibility index (Phi) is 12.2. The molecule has 2 aromatic rings. The van der Waals surface area contributed by atoms with Crippen LogP contribution in [0.2, 0.25) is 0 Å². The molecule has 39 heavy (non-hydrogen) atoms. The van der Waals surface area contributed by atoms with E-state index >= 15 is 0 Å². The van der Waals surface area contributed by atoms with Gasteiger partial charge in [-0.15, -0.1) is 0 Å². The van der Waals surface area contributed by atoms with Crippen LogP contribution in [0.1, 0.15) is 69.7 Å². The van der Waals surface area contributed by atoms with Crippen molar-refractivity contribution >= 4 is 35.4 Å². The number of aryl methyl sites for hydroxylation is 2. The minimum atomic E-state index is -0.985. The van der Waals surface area contributed by atoms with E-state index in [2.05, 4.69) is 10.6 Å². The molecule has 0 heterocycles. The first-order valence-electron chi connectivity index (χ1n) is 13.3. The minimum absolute atomic E-state index is 0.0588. The molecular formula is C30H43N3O5S. The highest BCUT2D eigenvalue weighted by molar-refractivity contribution is 7.98. The van der Waals surface area contributed by atoms with Crippen LogP contribution >= 0.6 is 11.8 Å². The number of alkyl carbamates (subject to hydrolysis) is 1. The van der Waals surface area contributed by atoms with E-state index < -0.39 is 23.8 Å².